The second-order valence-electron chi connectivity index (χ2n) is 5.85. The van der Waals surface area contributed by atoms with E-state index in [1.165, 1.54) is 42.3 Å². The van der Waals surface area contributed by atoms with Gasteiger partial charge in [0.05, 0.1) is 0 Å². The lowest BCUT2D eigenvalue weighted by molar-refractivity contribution is 0.226. The molecule has 1 saturated heterocycles. The van der Waals surface area contributed by atoms with E-state index in [0.717, 1.165) is 6.42 Å². The molecule has 0 saturated carbocycles. The largest absolute Gasteiger partial charge is 0.311 e. The summed E-state index contributed by atoms with van der Waals surface area (Å²) >= 11 is 3.51. The van der Waals surface area contributed by atoms with Gasteiger partial charge in [-0.05, 0) is 49.4 Å². The van der Waals surface area contributed by atoms with E-state index in [1.807, 2.05) is 0 Å². The highest BCUT2D eigenvalue weighted by atomic mass is 79.9. The zero-order valence-corrected chi connectivity index (χ0v) is 13.1. The van der Waals surface area contributed by atoms with Crippen molar-refractivity contribution < 1.29 is 0 Å². The minimum absolute atomic E-state index is 0.296. The fourth-order valence-corrected chi connectivity index (χ4v) is 3.25. The Balaban J connectivity index is 2.16. The Morgan fingerprint density at radius 3 is 2.56 bits per heavy atom. The van der Waals surface area contributed by atoms with Gasteiger partial charge >= 0.3 is 0 Å². The molecule has 18 heavy (non-hydrogen) atoms. The lowest BCUT2D eigenvalue weighted by Crippen LogP contribution is -2.50. The lowest BCUT2D eigenvalue weighted by Gasteiger charge is -2.38. The maximum Gasteiger partial charge on any atom is 0.0244 e. The Bertz CT molecular complexity index is 361. The highest BCUT2D eigenvalue weighted by Gasteiger charge is 2.33. The lowest BCUT2D eigenvalue weighted by atomic mass is 9.77. The first-order valence-corrected chi connectivity index (χ1v) is 7.91. The van der Waals surface area contributed by atoms with Crippen LogP contribution in [0.2, 0.25) is 0 Å². The van der Waals surface area contributed by atoms with Gasteiger partial charge in [0.2, 0.25) is 0 Å². The molecule has 1 aromatic rings. The van der Waals surface area contributed by atoms with Crippen molar-refractivity contribution in [3.63, 3.8) is 0 Å². The van der Waals surface area contributed by atoms with Crippen molar-refractivity contribution in [1.82, 2.24) is 5.32 Å². The Morgan fingerprint density at radius 2 is 1.89 bits per heavy atom. The summed E-state index contributed by atoms with van der Waals surface area (Å²) in [6, 6.07) is 8.81. The van der Waals surface area contributed by atoms with Gasteiger partial charge in [-0.3, -0.25) is 0 Å². The van der Waals surface area contributed by atoms with Crippen molar-refractivity contribution in [3.8, 4) is 0 Å². The highest BCUT2D eigenvalue weighted by molar-refractivity contribution is 9.10. The van der Waals surface area contributed by atoms with Crippen molar-refractivity contribution in [3.05, 3.63) is 34.3 Å². The van der Waals surface area contributed by atoms with Crippen molar-refractivity contribution in [1.29, 1.82) is 0 Å². The Hall–Kier alpha value is -0.340. The van der Waals surface area contributed by atoms with E-state index in [4.69, 9.17) is 0 Å². The zero-order valence-electron chi connectivity index (χ0n) is 11.5. The molecule has 1 aliphatic rings. The van der Waals surface area contributed by atoms with E-state index in [1.54, 1.807) is 0 Å². The third kappa shape index (κ3) is 3.36. The smallest absolute Gasteiger partial charge is 0.0244 e. The summed E-state index contributed by atoms with van der Waals surface area (Å²) in [6.07, 6.45) is 6.52. The second kappa shape index (κ2) is 6.21. The van der Waals surface area contributed by atoms with Crippen LogP contribution >= 0.6 is 15.9 Å². The second-order valence-corrected chi connectivity index (χ2v) is 6.77. The Morgan fingerprint density at radius 1 is 1.17 bits per heavy atom. The van der Waals surface area contributed by atoms with Crippen LogP contribution in [0.15, 0.2) is 28.7 Å². The van der Waals surface area contributed by atoms with Crippen LogP contribution in [0.4, 0.5) is 0 Å². The van der Waals surface area contributed by atoms with Crippen LogP contribution in [-0.4, -0.2) is 12.1 Å². The Kier molecular flexibility index (Phi) is 4.85. The van der Waals surface area contributed by atoms with Crippen LogP contribution in [0.5, 0.6) is 0 Å². The number of halogens is 1. The van der Waals surface area contributed by atoms with Gasteiger partial charge in [-0.1, -0.05) is 54.8 Å². The fraction of sp³-hybridized carbons (Fsp3) is 0.625. The number of hydrogen-bond donors (Lipinski definition) is 1. The average Bonchev–Trinajstić information content (AvgIpc) is 2.59. The molecule has 2 heteroatoms. The normalized spacial score (nSPS) is 25.1. The monoisotopic (exact) mass is 309 g/mol. The van der Waals surface area contributed by atoms with Crippen LogP contribution in [0.3, 0.4) is 0 Å². The van der Waals surface area contributed by atoms with Gasteiger partial charge in [-0.2, -0.15) is 0 Å². The molecule has 0 amide bonds. The van der Waals surface area contributed by atoms with E-state index in [9.17, 15) is 0 Å². The predicted octanol–water partition coefficient (Wildman–Crippen LogP) is 4.55. The average molecular weight is 310 g/mol. The number of hydrogen-bond acceptors (Lipinski definition) is 1. The van der Waals surface area contributed by atoms with E-state index in [0.29, 0.717) is 11.5 Å². The topological polar surface area (TPSA) is 12.0 Å². The van der Waals surface area contributed by atoms with Gasteiger partial charge in [0, 0.05) is 10.0 Å². The molecule has 1 nitrogen and oxygen atoms in total. The number of benzene rings is 1. The predicted molar refractivity (Wildman–Crippen MR) is 81.9 cm³/mol. The van der Waals surface area contributed by atoms with E-state index < -0.39 is 0 Å². The van der Waals surface area contributed by atoms with Gasteiger partial charge < -0.3 is 5.32 Å². The van der Waals surface area contributed by atoms with Crippen LogP contribution < -0.4 is 5.32 Å². The Labute approximate surface area is 119 Å². The maximum absolute atomic E-state index is 3.85. The van der Waals surface area contributed by atoms with Crippen molar-refractivity contribution in [2.75, 3.05) is 6.54 Å². The summed E-state index contributed by atoms with van der Waals surface area (Å²) in [6.45, 7) is 5.89. The minimum Gasteiger partial charge on any atom is -0.311 e. The van der Waals surface area contributed by atoms with Gasteiger partial charge in [0.25, 0.3) is 0 Å². The molecule has 0 bridgehead atoms. The fourth-order valence-electron chi connectivity index (χ4n) is 2.98. The summed E-state index contributed by atoms with van der Waals surface area (Å²) < 4.78 is 1.17. The molecule has 1 aliphatic heterocycles. The first kappa shape index (κ1) is 14.1. The summed E-state index contributed by atoms with van der Waals surface area (Å²) in [5.41, 5.74) is 1.74. The van der Waals surface area contributed by atoms with E-state index >= 15 is 0 Å². The third-order valence-corrected chi connectivity index (χ3v) is 4.84. The number of nitrogens with one attached hydrogen (secondary N) is 1. The summed E-state index contributed by atoms with van der Waals surface area (Å²) in [7, 11) is 0. The van der Waals surface area contributed by atoms with Crippen molar-refractivity contribution in [2.24, 2.45) is 5.92 Å². The minimum atomic E-state index is 0.296. The van der Waals surface area contributed by atoms with Crippen LogP contribution in [-0.2, 0) is 6.42 Å². The molecule has 0 radical (unpaired) electrons. The highest BCUT2D eigenvalue weighted by Crippen LogP contribution is 2.30. The standard InChI is InChI=1S/C16H24BrN/c1-13(2)16(10-4-3-5-11-18-16)12-14-6-8-15(17)9-7-14/h6-9,13,18H,3-5,10-12H2,1-2H3. The zero-order chi connectivity index (χ0) is 13.0. The molecule has 1 heterocycles. The first-order valence-electron chi connectivity index (χ1n) is 7.12. The molecule has 0 aliphatic carbocycles. The quantitative estimate of drug-likeness (QED) is 0.863. The van der Waals surface area contributed by atoms with Gasteiger partial charge in [-0.15, -0.1) is 0 Å². The van der Waals surface area contributed by atoms with Crippen molar-refractivity contribution in [2.45, 2.75) is 51.5 Å². The van der Waals surface area contributed by atoms with Crippen LogP contribution in [0.1, 0.15) is 45.1 Å². The molecule has 100 valence electrons. The van der Waals surface area contributed by atoms with Gasteiger partial charge in [0.15, 0.2) is 0 Å². The summed E-state index contributed by atoms with van der Waals surface area (Å²) in [5.74, 6) is 0.680. The molecule has 2 rings (SSSR count). The summed E-state index contributed by atoms with van der Waals surface area (Å²) in [4.78, 5) is 0. The molecule has 1 atom stereocenters. The first-order chi connectivity index (χ1) is 8.62. The van der Waals surface area contributed by atoms with Crippen LogP contribution in [0.25, 0.3) is 0 Å². The van der Waals surface area contributed by atoms with E-state index in [2.05, 4.69) is 59.4 Å². The van der Waals surface area contributed by atoms with Gasteiger partial charge in [0.1, 0.15) is 0 Å². The number of rotatable bonds is 3. The maximum atomic E-state index is 3.85. The third-order valence-electron chi connectivity index (χ3n) is 4.31. The SMILES string of the molecule is CC(C)C1(Cc2ccc(Br)cc2)CCCCCN1. The summed E-state index contributed by atoms with van der Waals surface area (Å²) in [5, 5.41) is 3.85. The molecule has 1 unspecified atom stereocenters. The molecular weight excluding hydrogens is 286 g/mol. The van der Waals surface area contributed by atoms with Crippen LogP contribution in [0, 0.1) is 5.92 Å². The molecule has 1 fully saturated rings. The van der Waals surface area contributed by atoms with E-state index in [-0.39, 0.29) is 0 Å². The molecule has 0 spiro atoms. The van der Waals surface area contributed by atoms with Crippen molar-refractivity contribution >= 4 is 15.9 Å². The molecule has 1 N–H and O–H groups in total. The molecule has 1 aromatic carbocycles. The molecular formula is C16H24BrN. The molecule has 0 aromatic heterocycles. The van der Waals surface area contributed by atoms with Gasteiger partial charge in [-0.25, -0.2) is 0 Å².